The molecule has 0 unspecified atom stereocenters. The van der Waals surface area contributed by atoms with Crippen molar-refractivity contribution >= 4 is 21.8 Å². The summed E-state index contributed by atoms with van der Waals surface area (Å²) in [6, 6.07) is 5.42. The lowest BCUT2D eigenvalue weighted by Crippen LogP contribution is -2.21. The predicted octanol–water partition coefficient (Wildman–Crippen LogP) is 1.89. The molecule has 0 atom stereocenters. The number of halogens is 1. The lowest BCUT2D eigenvalue weighted by molar-refractivity contribution is 0.0952. The molecule has 1 aliphatic rings. The molecule has 6 heteroatoms. The standard InChI is InChI=1S/C12H10BrN3O2/c1-18-7-2-3-9-8(4-7)12(17)14-5-10-11(13)15-6-16(9)10/h2-4,6H,5H2,1H3,(H,14,17). The molecule has 0 saturated heterocycles. The van der Waals surface area contributed by atoms with Crippen LogP contribution in [0.1, 0.15) is 16.1 Å². The summed E-state index contributed by atoms with van der Waals surface area (Å²) in [6.45, 7) is 0.441. The topological polar surface area (TPSA) is 56.1 Å². The van der Waals surface area contributed by atoms with Crippen LogP contribution < -0.4 is 10.1 Å². The number of aromatic nitrogens is 2. The van der Waals surface area contributed by atoms with Gasteiger partial charge in [-0.25, -0.2) is 4.98 Å². The number of imidazole rings is 1. The van der Waals surface area contributed by atoms with E-state index in [1.807, 2.05) is 16.7 Å². The maximum Gasteiger partial charge on any atom is 0.253 e. The van der Waals surface area contributed by atoms with Gasteiger partial charge in [0.1, 0.15) is 16.7 Å². The third-order valence-corrected chi connectivity index (χ3v) is 3.60. The summed E-state index contributed by atoms with van der Waals surface area (Å²) in [4.78, 5) is 16.2. The van der Waals surface area contributed by atoms with Crippen LogP contribution in [0.4, 0.5) is 0 Å². The number of benzene rings is 1. The molecule has 2 aromatic rings. The van der Waals surface area contributed by atoms with Crippen molar-refractivity contribution in [2.24, 2.45) is 0 Å². The first-order chi connectivity index (χ1) is 8.70. The Morgan fingerprint density at radius 2 is 2.33 bits per heavy atom. The van der Waals surface area contributed by atoms with Gasteiger partial charge in [0, 0.05) is 0 Å². The molecule has 2 heterocycles. The minimum Gasteiger partial charge on any atom is -0.497 e. The Morgan fingerprint density at radius 3 is 3.11 bits per heavy atom. The number of hydrogen-bond acceptors (Lipinski definition) is 3. The van der Waals surface area contributed by atoms with Crippen molar-refractivity contribution in [1.82, 2.24) is 14.9 Å². The highest BCUT2D eigenvalue weighted by molar-refractivity contribution is 9.10. The molecule has 1 amide bonds. The summed E-state index contributed by atoms with van der Waals surface area (Å²) < 4.78 is 7.79. The van der Waals surface area contributed by atoms with E-state index < -0.39 is 0 Å². The van der Waals surface area contributed by atoms with Gasteiger partial charge >= 0.3 is 0 Å². The van der Waals surface area contributed by atoms with Crippen molar-refractivity contribution in [2.45, 2.75) is 6.54 Å². The van der Waals surface area contributed by atoms with E-state index in [-0.39, 0.29) is 5.91 Å². The second kappa shape index (κ2) is 4.13. The zero-order chi connectivity index (χ0) is 12.7. The third-order valence-electron chi connectivity index (χ3n) is 2.94. The molecule has 0 aliphatic carbocycles. The van der Waals surface area contributed by atoms with E-state index in [4.69, 9.17) is 4.74 Å². The fraction of sp³-hybridized carbons (Fsp3) is 0.167. The van der Waals surface area contributed by atoms with Gasteiger partial charge in [0.15, 0.2) is 0 Å². The van der Waals surface area contributed by atoms with Crippen LogP contribution in [0.15, 0.2) is 29.1 Å². The highest BCUT2D eigenvalue weighted by Gasteiger charge is 2.22. The third kappa shape index (κ3) is 1.60. The fourth-order valence-electron chi connectivity index (χ4n) is 2.01. The van der Waals surface area contributed by atoms with Gasteiger partial charge in [0.05, 0.1) is 30.6 Å². The summed E-state index contributed by atoms with van der Waals surface area (Å²) in [5.74, 6) is 0.547. The van der Waals surface area contributed by atoms with Crippen molar-refractivity contribution in [2.75, 3.05) is 7.11 Å². The zero-order valence-corrected chi connectivity index (χ0v) is 11.2. The van der Waals surface area contributed by atoms with E-state index in [9.17, 15) is 4.79 Å². The number of methoxy groups -OCH3 is 1. The van der Waals surface area contributed by atoms with Crippen LogP contribution in [0.2, 0.25) is 0 Å². The van der Waals surface area contributed by atoms with E-state index in [1.165, 1.54) is 0 Å². The SMILES string of the molecule is COc1ccc2c(c1)C(=O)NCc1c(Br)ncn1-2. The second-order valence-corrected chi connectivity index (χ2v) is 4.67. The lowest BCUT2D eigenvalue weighted by Gasteiger charge is -2.09. The Bertz CT molecular complexity index is 636. The highest BCUT2D eigenvalue weighted by atomic mass is 79.9. The van der Waals surface area contributed by atoms with Crippen molar-refractivity contribution in [3.63, 3.8) is 0 Å². The van der Waals surface area contributed by atoms with Crippen LogP contribution in [0.5, 0.6) is 5.75 Å². The van der Waals surface area contributed by atoms with Gasteiger partial charge in [-0.05, 0) is 34.1 Å². The minimum absolute atomic E-state index is 0.112. The predicted molar refractivity (Wildman–Crippen MR) is 69.0 cm³/mol. The van der Waals surface area contributed by atoms with Crippen molar-refractivity contribution in [3.05, 3.63) is 40.4 Å². The Hall–Kier alpha value is -1.82. The quantitative estimate of drug-likeness (QED) is 0.875. The molecule has 0 spiro atoms. The number of rotatable bonds is 1. The summed E-state index contributed by atoms with van der Waals surface area (Å²) in [5.41, 5.74) is 2.31. The molecule has 3 rings (SSSR count). The average Bonchev–Trinajstić information content (AvgIpc) is 2.69. The normalized spacial score (nSPS) is 13.3. The molecule has 18 heavy (non-hydrogen) atoms. The molecular formula is C12H10BrN3O2. The first-order valence-corrected chi connectivity index (χ1v) is 6.18. The summed E-state index contributed by atoms with van der Waals surface area (Å²) >= 11 is 3.38. The van der Waals surface area contributed by atoms with Gasteiger partial charge in [-0.1, -0.05) is 0 Å². The number of carbonyl (C=O) groups excluding carboxylic acids is 1. The van der Waals surface area contributed by atoms with Crippen LogP contribution in [-0.2, 0) is 6.54 Å². The zero-order valence-electron chi connectivity index (χ0n) is 9.61. The Morgan fingerprint density at radius 1 is 1.50 bits per heavy atom. The lowest BCUT2D eigenvalue weighted by atomic mass is 10.1. The molecule has 0 saturated carbocycles. The van der Waals surface area contributed by atoms with Gasteiger partial charge in [0.2, 0.25) is 0 Å². The Labute approximate surface area is 112 Å². The van der Waals surface area contributed by atoms with E-state index in [1.54, 1.807) is 19.5 Å². The number of nitrogens with one attached hydrogen (secondary N) is 1. The smallest absolute Gasteiger partial charge is 0.253 e. The number of fused-ring (bicyclic) bond motifs is 3. The number of hydrogen-bond donors (Lipinski definition) is 1. The minimum atomic E-state index is -0.112. The molecule has 1 aromatic carbocycles. The first-order valence-electron chi connectivity index (χ1n) is 5.39. The van der Waals surface area contributed by atoms with Gasteiger partial charge in [0.25, 0.3) is 5.91 Å². The van der Waals surface area contributed by atoms with Crippen LogP contribution in [0.25, 0.3) is 5.69 Å². The van der Waals surface area contributed by atoms with E-state index in [0.29, 0.717) is 17.9 Å². The van der Waals surface area contributed by atoms with Crippen molar-refractivity contribution < 1.29 is 9.53 Å². The second-order valence-electron chi connectivity index (χ2n) is 3.92. The maximum absolute atomic E-state index is 12.0. The molecule has 0 fully saturated rings. The van der Waals surface area contributed by atoms with E-state index >= 15 is 0 Å². The van der Waals surface area contributed by atoms with Gasteiger partial charge in [-0.15, -0.1) is 0 Å². The van der Waals surface area contributed by atoms with E-state index in [0.717, 1.165) is 16.0 Å². The molecule has 1 N–H and O–H groups in total. The molecular weight excluding hydrogens is 298 g/mol. The highest BCUT2D eigenvalue weighted by Crippen LogP contribution is 2.27. The molecule has 1 aliphatic heterocycles. The number of ether oxygens (including phenoxy) is 1. The number of amides is 1. The maximum atomic E-state index is 12.0. The summed E-state index contributed by atoms with van der Waals surface area (Å²) in [7, 11) is 1.58. The van der Waals surface area contributed by atoms with Crippen molar-refractivity contribution in [3.8, 4) is 11.4 Å². The molecule has 0 bridgehead atoms. The summed E-state index contributed by atoms with van der Waals surface area (Å²) in [5, 5.41) is 2.85. The van der Waals surface area contributed by atoms with Crippen LogP contribution in [-0.4, -0.2) is 22.6 Å². The van der Waals surface area contributed by atoms with Crippen LogP contribution in [0, 0.1) is 0 Å². The monoisotopic (exact) mass is 307 g/mol. The molecule has 92 valence electrons. The number of nitrogens with zero attached hydrogens (tertiary/aromatic N) is 2. The van der Waals surface area contributed by atoms with Gasteiger partial charge in [-0.2, -0.15) is 0 Å². The van der Waals surface area contributed by atoms with Gasteiger partial charge in [-0.3, -0.25) is 9.36 Å². The van der Waals surface area contributed by atoms with E-state index in [2.05, 4.69) is 26.2 Å². The summed E-state index contributed by atoms with van der Waals surface area (Å²) in [6.07, 6.45) is 1.70. The van der Waals surface area contributed by atoms with Crippen LogP contribution >= 0.6 is 15.9 Å². The largest absolute Gasteiger partial charge is 0.497 e. The Balaban J connectivity index is 2.26. The van der Waals surface area contributed by atoms with Crippen LogP contribution in [0.3, 0.4) is 0 Å². The Kier molecular flexibility index (Phi) is 2.59. The first kappa shape index (κ1) is 11.3. The number of carbonyl (C=O) groups is 1. The van der Waals surface area contributed by atoms with Crippen molar-refractivity contribution in [1.29, 1.82) is 0 Å². The van der Waals surface area contributed by atoms with Gasteiger partial charge < -0.3 is 10.1 Å². The average molecular weight is 308 g/mol. The fourth-order valence-corrected chi connectivity index (χ4v) is 2.43. The molecule has 0 radical (unpaired) electrons. The molecule has 1 aromatic heterocycles. The molecule has 5 nitrogen and oxygen atoms in total.